The molecule has 0 atom stereocenters. The van der Waals surface area contributed by atoms with Crippen molar-refractivity contribution in [1.29, 1.82) is 0 Å². The van der Waals surface area contributed by atoms with Gasteiger partial charge in [-0.3, -0.25) is 4.79 Å². The number of thioether (sulfide) groups is 2. The predicted molar refractivity (Wildman–Crippen MR) is 122 cm³/mol. The molecule has 0 aromatic heterocycles. The molecule has 0 radical (unpaired) electrons. The smallest absolute Gasteiger partial charge is 0.242 e. The Balaban J connectivity index is 1.58. The summed E-state index contributed by atoms with van der Waals surface area (Å²) in [5.74, 6) is 3.45. The SMILES string of the molecule is CCOc1cc(C=NNC(=O)CC2(C)SCCS2)ccc1OCc1ccccc1. The molecule has 1 saturated heterocycles. The van der Waals surface area contributed by atoms with Gasteiger partial charge in [0.2, 0.25) is 5.91 Å². The molecular formula is C22H26N2O3S2. The number of rotatable bonds is 9. The summed E-state index contributed by atoms with van der Waals surface area (Å²) < 4.78 is 11.6. The second-order valence-corrected chi connectivity index (χ2v) is 10.2. The van der Waals surface area contributed by atoms with E-state index in [0.29, 0.717) is 31.1 Å². The van der Waals surface area contributed by atoms with Gasteiger partial charge in [0.15, 0.2) is 11.5 Å². The van der Waals surface area contributed by atoms with Crippen molar-refractivity contribution in [1.82, 2.24) is 5.43 Å². The van der Waals surface area contributed by atoms with Crippen LogP contribution in [0, 0.1) is 0 Å². The number of benzene rings is 2. The highest BCUT2D eigenvalue weighted by atomic mass is 32.2. The van der Waals surface area contributed by atoms with Crippen LogP contribution in [0.15, 0.2) is 53.6 Å². The van der Waals surface area contributed by atoms with Crippen molar-refractivity contribution in [3.8, 4) is 11.5 Å². The van der Waals surface area contributed by atoms with Crippen LogP contribution >= 0.6 is 23.5 Å². The monoisotopic (exact) mass is 430 g/mol. The Bertz CT molecular complexity index is 837. The molecule has 0 aliphatic carbocycles. The quantitative estimate of drug-likeness (QED) is 0.462. The Labute approximate surface area is 180 Å². The van der Waals surface area contributed by atoms with Gasteiger partial charge < -0.3 is 9.47 Å². The highest BCUT2D eigenvalue weighted by molar-refractivity contribution is 8.21. The minimum absolute atomic E-state index is 0.0422. The lowest BCUT2D eigenvalue weighted by molar-refractivity contribution is -0.121. The van der Waals surface area contributed by atoms with Gasteiger partial charge in [-0.15, -0.1) is 23.5 Å². The summed E-state index contributed by atoms with van der Waals surface area (Å²) in [5.41, 5.74) is 4.55. The minimum Gasteiger partial charge on any atom is -0.490 e. The molecule has 1 fully saturated rings. The predicted octanol–water partition coefficient (Wildman–Crippen LogP) is 4.70. The van der Waals surface area contributed by atoms with E-state index in [0.717, 1.165) is 22.6 Å². The first-order valence-corrected chi connectivity index (χ1v) is 11.6. The molecule has 1 aliphatic rings. The van der Waals surface area contributed by atoms with E-state index in [-0.39, 0.29) is 9.99 Å². The van der Waals surface area contributed by atoms with Gasteiger partial charge in [-0.2, -0.15) is 5.10 Å². The van der Waals surface area contributed by atoms with Gasteiger partial charge in [0.1, 0.15) is 6.61 Å². The largest absolute Gasteiger partial charge is 0.490 e. The average molecular weight is 431 g/mol. The molecule has 154 valence electrons. The molecule has 0 unspecified atom stereocenters. The number of carbonyl (C=O) groups is 1. The number of amides is 1. The Morgan fingerprint density at radius 1 is 1.14 bits per heavy atom. The lowest BCUT2D eigenvalue weighted by Crippen LogP contribution is -2.26. The maximum absolute atomic E-state index is 12.1. The second-order valence-electron chi connectivity index (χ2n) is 6.71. The summed E-state index contributed by atoms with van der Waals surface area (Å²) in [4.78, 5) is 12.1. The van der Waals surface area contributed by atoms with E-state index in [1.54, 1.807) is 6.21 Å². The summed E-state index contributed by atoms with van der Waals surface area (Å²) in [6.45, 7) is 5.05. The van der Waals surface area contributed by atoms with Crippen LogP contribution < -0.4 is 14.9 Å². The second kappa shape index (κ2) is 10.6. The Morgan fingerprint density at radius 2 is 1.90 bits per heavy atom. The third-order valence-corrected chi connectivity index (χ3v) is 7.58. The van der Waals surface area contributed by atoms with Crippen molar-refractivity contribution in [3.05, 3.63) is 59.7 Å². The van der Waals surface area contributed by atoms with Crippen LogP contribution in [0.5, 0.6) is 11.5 Å². The third kappa shape index (κ3) is 6.72. The van der Waals surface area contributed by atoms with E-state index < -0.39 is 0 Å². The first-order valence-electron chi connectivity index (χ1n) is 9.61. The van der Waals surface area contributed by atoms with E-state index in [2.05, 4.69) is 17.5 Å². The van der Waals surface area contributed by atoms with Crippen molar-refractivity contribution in [3.63, 3.8) is 0 Å². The molecule has 1 amide bonds. The fourth-order valence-electron chi connectivity index (χ4n) is 2.90. The van der Waals surface area contributed by atoms with E-state index in [1.165, 1.54) is 0 Å². The number of hydrogen-bond acceptors (Lipinski definition) is 6. The number of carbonyl (C=O) groups excluding carboxylic acids is 1. The molecule has 5 nitrogen and oxygen atoms in total. The molecule has 1 heterocycles. The maximum atomic E-state index is 12.1. The molecule has 2 aromatic rings. The number of hydrogen-bond donors (Lipinski definition) is 1. The highest BCUT2D eigenvalue weighted by Gasteiger charge is 2.32. The van der Waals surface area contributed by atoms with E-state index in [9.17, 15) is 4.79 Å². The van der Waals surface area contributed by atoms with E-state index >= 15 is 0 Å². The van der Waals surface area contributed by atoms with E-state index in [4.69, 9.17) is 9.47 Å². The minimum atomic E-state index is -0.0708. The Hall–Kier alpha value is -2.12. The lowest BCUT2D eigenvalue weighted by Gasteiger charge is -2.19. The maximum Gasteiger partial charge on any atom is 0.242 e. The zero-order valence-corrected chi connectivity index (χ0v) is 18.4. The lowest BCUT2D eigenvalue weighted by atomic mass is 10.2. The summed E-state index contributed by atoms with van der Waals surface area (Å²) in [5, 5.41) is 4.10. The van der Waals surface area contributed by atoms with Crippen LogP contribution in [0.3, 0.4) is 0 Å². The van der Waals surface area contributed by atoms with Gasteiger partial charge in [0, 0.05) is 11.5 Å². The van der Waals surface area contributed by atoms with Crippen molar-refractivity contribution in [2.75, 3.05) is 18.1 Å². The topological polar surface area (TPSA) is 59.9 Å². The molecule has 7 heteroatoms. The number of ether oxygens (including phenoxy) is 2. The molecule has 1 aliphatic heterocycles. The van der Waals surface area contributed by atoms with Gasteiger partial charge in [-0.05, 0) is 43.2 Å². The molecule has 3 rings (SSSR count). The Kier molecular flexibility index (Phi) is 7.89. The summed E-state index contributed by atoms with van der Waals surface area (Å²) >= 11 is 3.67. The van der Waals surface area contributed by atoms with Gasteiger partial charge in [-0.25, -0.2) is 5.43 Å². The highest BCUT2D eigenvalue weighted by Crippen LogP contribution is 2.45. The Morgan fingerprint density at radius 3 is 2.62 bits per heavy atom. The standard InChI is InChI=1S/C22H26N2O3S2/c1-3-26-20-13-18(9-10-19(20)27-16-17-7-5-4-6-8-17)15-23-24-21(25)14-22(2)28-11-12-29-22/h4-10,13,15H,3,11-12,14,16H2,1-2H3,(H,24,25). The molecule has 0 spiro atoms. The molecule has 0 saturated carbocycles. The van der Waals surface area contributed by atoms with Crippen LogP contribution in [0.25, 0.3) is 0 Å². The molecule has 1 N–H and O–H groups in total. The van der Waals surface area contributed by atoms with Gasteiger partial charge >= 0.3 is 0 Å². The first-order chi connectivity index (χ1) is 14.1. The summed E-state index contributed by atoms with van der Waals surface area (Å²) in [7, 11) is 0. The van der Waals surface area contributed by atoms with Crippen molar-refractivity contribution >= 4 is 35.6 Å². The molecular weight excluding hydrogens is 404 g/mol. The van der Waals surface area contributed by atoms with Crippen molar-refractivity contribution in [2.24, 2.45) is 5.10 Å². The van der Waals surface area contributed by atoms with Gasteiger partial charge in [0.05, 0.1) is 23.3 Å². The molecule has 0 bridgehead atoms. The molecule has 29 heavy (non-hydrogen) atoms. The van der Waals surface area contributed by atoms with Crippen LogP contribution in [-0.2, 0) is 11.4 Å². The zero-order chi connectivity index (χ0) is 20.5. The number of nitrogens with zero attached hydrogens (tertiary/aromatic N) is 1. The van der Waals surface area contributed by atoms with Gasteiger partial charge in [-0.1, -0.05) is 30.3 Å². The van der Waals surface area contributed by atoms with Crippen LogP contribution in [0.1, 0.15) is 31.4 Å². The fraction of sp³-hybridized carbons (Fsp3) is 0.364. The van der Waals surface area contributed by atoms with E-state index in [1.807, 2.05) is 79.0 Å². The normalized spacial score (nSPS) is 15.4. The zero-order valence-electron chi connectivity index (χ0n) is 16.7. The van der Waals surface area contributed by atoms with Crippen LogP contribution in [0.2, 0.25) is 0 Å². The number of nitrogens with one attached hydrogen (secondary N) is 1. The first kappa shape index (κ1) is 21.6. The van der Waals surface area contributed by atoms with Crippen LogP contribution in [-0.4, -0.2) is 34.3 Å². The fourth-order valence-corrected chi connectivity index (χ4v) is 5.73. The van der Waals surface area contributed by atoms with Gasteiger partial charge in [0.25, 0.3) is 0 Å². The third-order valence-electron chi connectivity index (χ3n) is 4.29. The average Bonchev–Trinajstić information content (AvgIpc) is 3.14. The molecule has 2 aromatic carbocycles. The van der Waals surface area contributed by atoms with Crippen LogP contribution in [0.4, 0.5) is 0 Å². The summed E-state index contributed by atoms with van der Waals surface area (Å²) in [6, 6.07) is 15.6. The van der Waals surface area contributed by atoms with Crippen molar-refractivity contribution < 1.29 is 14.3 Å². The summed E-state index contributed by atoms with van der Waals surface area (Å²) in [6.07, 6.45) is 2.08. The van der Waals surface area contributed by atoms with Crippen molar-refractivity contribution in [2.45, 2.75) is 31.0 Å². The number of hydrazone groups is 1.